The smallest absolute Gasteiger partial charge is 0.292 e. The van der Waals surface area contributed by atoms with Gasteiger partial charge in [0.2, 0.25) is 0 Å². The SMILES string of the molecule is CCc1ccc(C(=O)Nc2ncc(N)cc2C)o1. The maximum atomic E-state index is 11.9. The third-order valence-corrected chi connectivity index (χ3v) is 2.57. The number of nitrogens with one attached hydrogen (secondary N) is 1. The fourth-order valence-electron chi connectivity index (χ4n) is 1.59. The summed E-state index contributed by atoms with van der Waals surface area (Å²) in [6, 6.07) is 5.20. The van der Waals surface area contributed by atoms with E-state index in [-0.39, 0.29) is 11.7 Å². The molecule has 0 unspecified atom stereocenters. The molecule has 3 N–H and O–H groups in total. The Morgan fingerprint density at radius 2 is 2.28 bits per heavy atom. The second-order valence-corrected chi connectivity index (χ2v) is 4.01. The summed E-state index contributed by atoms with van der Waals surface area (Å²) < 4.78 is 5.37. The first-order chi connectivity index (χ1) is 8.60. The van der Waals surface area contributed by atoms with Crippen molar-refractivity contribution < 1.29 is 9.21 Å². The Hall–Kier alpha value is -2.30. The van der Waals surface area contributed by atoms with Gasteiger partial charge in [0.1, 0.15) is 11.6 Å². The Balaban J connectivity index is 2.16. The zero-order chi connectivity index (χ0) is 13.1. The van der Waals surface area contributed by atoms with Gasteiger partial charge in [-0.1, -0.05) is 6.92 Å². The average molecular weight is 245 g/mol. The molecule has 2 aromatic rings. The lowest BCUT2D eigenvalue weighted by atomic mass is 10.2. The quantitative estimate of drug-likeness (QED) is 0.869. The zero-order valence-electron chi connectivity index (χ0n) is 10.4. The molecule has 0 aliphatic carbocycles. The standard InChI is InChI=1S/C13H15N3O2/c1-3-10-4-5-11(18-10)13(17)16-12-8(2)6-9(14)7-15-12/h4-7H,3,14H2,1-2H3,(H,15,16,17). The van der Waals surface area contributed by atoms with Crippen molar-refractivity contribution in [2.24, 2.45) is 0 Å². The van der Waals surface area contributed by atoms with E-state index in [0.717, 1.165) is 17.7 Å². The summed E-state index contributed by atoms with van der Waals surface area (Å²) in [4.78, 5) is 16.0. The highest BCUT2D eigenvalue weighted by molar-refractivity contribution is 6.02. The average Bonchev–Trinajstić information content (AvgIpc) is 2.81. The highest BCUT2D eigenvalue weighted by Crippen LogP contribution is 2.16. The van der Waals surface area contributed by atoms with Gasteiger partial charge in [-0.3, -0.25) is 4.79 Å². The first-order valence-corrected chi connectivity index (χ1v) is 5.72. The molecule has 1 amide bonds. The number of aryl methyl sites for hydroxylation is 2. The van der Waals surface area contributed by atoms with Crippen molar-refractivity contribution >= 4 is 17.4 Å². The van der Waals surface area contributed by atoms with E-state index in [0.29, 0.717) is 11.5 Å². The highest BCUT2D eigenvalue weighted by atomic mass is 16.3. The molecule has 0 atom stereocenters. The van der Waals surface area contributed by atoms with Crippen LogP contribution in [-0.2, 0) is 6.42 Å². The van der Waals surface area contributed by atoms with E-state index >= 15 is 0 Å². The van der Waals surface area contributed by atoms with Gasteiger partial charge in [0, 0.05) is 6.42 Å². The van der Waals surface area contributed by atoms with Crippen LogP contribution in [0.4, 0.5) is 11.5 Å². The molecule has 0 saturated carbocycles. The molecule has 2 rings (SSSR count). The molecule has 0 radical (unpaired) electrons. The van der Waals surface area contributed by atoms with Crippen molar-refractivity contribution in [3.63, 3.8) is 0 Å². The van der Waals surface area contributed by atoms with E-state index in [1.54, 1.807) is 18.2 Å². The number of nitrogens with two attached hydrogens (primary N) is 1. The molecule has 18 heavy (non-hydrogen) atoms. The summed E-state index contributed by atoms with van der Waals surface area (Å²) >= 11 is 0. The van der Waals surface area contributed by atoms with Gasteiger partial charge in [-0.15, -0.1) is 0 Å². The Kier molecular flexibility index (Phi) is 3.32. The molecule has 0 aromatic carbocycles. The van der Waals surface area contributed by atoms with Crippen molar-refractivity contribution in [3.8, 4) is 0 Å². The summed E-state index contributed by atoms with van der Waals surface area (Å²) in [6.45, 7) is 3.80. The van der Waals surface area contributed by atoms with E-state index in [1.165, 1.54) is 6.20 Å². The van der Waals surface area contributed by atoms with Gasteiger partial charge in [-0.25, -0.2) is 4.98 Å². The largest absolute Gasteiger partial charge is 0.456 e. The number of aromatic nitrogens is 1. The van der Waals surface area contributed by atoms with Gasteiger partial charge in [0.25, 0.3) is 5.91 Å². The number of hydrogen-bond donors (Lipinski definition) is 2. The number of amides is 1. The minimum absolute atomic E-state index is 0.282. The molecular weight excluding hydrogens is 230 g/mol. The Morgan fingerprint density at radius 1 is 1.50 bits per heavy atom. The van der Waals surface area contributed by atoms with Crippen molar-refractivity contribution in [1.29, 1.82) is 0 Å². The highest BCUT2D eigenvalue weighted by Gasteiger charge is 2.12. The summed E-state index contributed by atoms with van der Waals surface area (Å²) in [5.41, 5.74) is 6.97. The van der Waals surface area contributed by atoms with Gasteiger partial charge in [0.15, 0.2) is 5.76 Å². The number of carbonyl (C=O) groups excluding carboxylic acids is 1. The Bertz CT molecular complexity index is 575. The maximum Gasteiger partial charge on any atom is 0.292 e. The van der Waals surface area contributed by atoms with Crippen molar-refractivity contribution in [3.05, 3.63) is 41.5 Å². The first kappa shape index (κ1) is 12.2. The van der Waals surface area contributed by atoms with Crippen LogP contribution >= 0.6 is 0 Å². The van der Waals surface area contributed by atoms with E-state index < -0.39 is 0 Å². The fraction of sp³-hybridized carbons (Fsp3) is 0.231. The van der Waals surface area contributed by atoms with Gasteiger partial charge in [-0.05, 0) is 30.7 Å². The van der Waals surface area contributed by atoms with Crippen molar-refractivity contribution in [2.45, 2.75) is 20.3 Å². The lowest BCUT2D eigenvalue weighted by Gasteiger charge is -2.06. The lowest BCUT2D eigenvalue weighted by molar-refractivity contribution is 0.0994. The third kappa shape index (κ3) is 2.51. The molecular formula is C13H15N3O2. The van der Waals surface area contributed by atoms with Crippen LogP contribution in [0.15, 0.2) is 28.8 Å². The second-order valence-electron chi connectivity index (χ2n) is 4.01. The number of furan rings is 1. The number of pyridine rings is 1. The summed E-state index contributed by atoms with van der Waals surface area (Å²) in [7, 11) is 0. The van der Waals surface area contributed by atoms with Crippen LogP contribution in [0.2, 0.25) is 0 Å². The Morgan fingerprint density at radius 3 is 2.89 bits per heavy atom. The van der Waals surface area contributed by atoms with Crippen molar-refractivity contribution in [1.82, 2.24) is 4.98 Å². The molecule has 0 aliphatic rings. The number of hydrogen-bond acceptors (Lipinski definition) is 4. The lowest BCUT2D eigenvalue weighted by Crippen LogP contribution is -2.13. The molecule has 0 bridgehead atoms. The van der Waals surface area contributed by atoms with Crippen molar-refractivity contribution in [2.75, 3.05) is 11.1 Å². The van der Waals surface area contributed by atoms with Crippen LogP contribution in [0.5, 0.6) is 0 Å². The number of nitrogens with zero attached hydrogens (tertiary/aromatic N) is 1. The second kappa shape index (κ2) is 4.91. The summed E-state index contributed by atoms with van der Waals surface area (Å²) in [5, 5.41) is 2.69. The van der Waals surface area contributed by atoms with Gasteiger partial charge < -0.3 is 15.5 Å². The zero-order valence-corrected chi connectivity index (χ0v) is 10.4. The molecule has 0 aliphatic heterocycles. The predicted molar refractivity (Wildman–Crippen MR) is 69.4 cm³/mol. The van der Waals surface area contributed by atoms with Gasteiger partial charge in [0.05, 0.1) is 11.9 Å². The van der Waals surface area contributed by atoms with Crippen LogP contribution in [0, 0.1) is 6.92 Å². The van der Waals surface area contributed by atoms with E-state index in [9.17, 15) is 4.79 Å². The molecule has 5 heteroatoms. The minimum Gasteiger partial charge on any atom is -0.456 e. The van der Waals surface area contributed by atoms with Gasteiger partial charge >= 0.3 is 0 Å². The maximum absolute atomic E-state index is 11.9. The molecule has 94 valence electrons. The van der Waals surface area contributed by atoms with Crippen LogP contribution in [0.3, 0.4) is 0 Å². The van der Waals surface area contributed by atoms with Crippen LogP contribution in [0.25, 0.3) is 0 Å². The monoisotopic (exact) mass is 245 g/mol. The van der Waals surface area contributed by atoms with E-state index in [4.69, 9.17) is 10.2 Å². The number of nitrogen functional groups attached to an aromatic ring is 1. The number of carbonyl (C=O) groups is 1. The molecule has 2 aromatic heterocycles. The molecule has 0 spiro atoms. The molecule has 0 saturated heterocycles. The normalized spacial score (nSPS) is 10.3. The van der Waals surface area contributed by atoms with E-state index in [2.05, 4.69) is 10.3 Å². The van der Waals surface area contributed by atoms with Gasteiger partial charge in [-0.2, -0.15) is 0 Å². The minimum atomic E-state index is -0.310. The van der Waals surface area contributed by atoms with Crippen LogP contribution < -0.4 is 11.1 Å². The van der Waals surface area contributed by atoms with Crippen LogP contribution in [0.1, 0.15) is 28.8 Å². The number of anilines is 2. The predicted octanol–water partition coefficient (Wildman–Crippen LogP) is 2.38. The topological polar surface area (TPSA) is 81.2 Å². The molecule has 5 nitrogen and oxygen atoms in total. The first-order valence-electron chi connectivity index (χ1n) is 5.72. The number of rotatable bonds is 3. The summed E-state index contributed by atoms with van der Waals surface area (Å²) in [5.74, 6) is 1.24. The molecule has 2 heterocycles. The molecule has 0 fully saturated rings. The van der Waals surface area contributed by atoms with E-state index in [1.807, 2.05) is 13.8 Å². The van der Waals surface area contributed by atoms with Crippen LogP contribution in [-0.4, -0.2) is 10.9 Å². The fourth-order valence-corrected chi connectivity index (χ4v) is 1.59. The third-order valence-electron chi connectivity index (χ3n) is 2.57. The summed E-state index contributed by atoms with van der Waals surface area (Å²) in [6.07, 6.45) is 2.26. The Labute approximate surface area is 105 Å².